The summed E-state index contributed by atoms with van der Waals surface area (Å²) in [6.45, 7) is 1.55. The molecule has 0 aliphatic heterocycles. The fourth-order valence-corrected chi connectivity index (χ4v) is 3.23. The minimum Gasteiger partial charge on any atom is -0.799 e. The fraction of sp³-hybridized carbons (Fsp3) is 0.778. The Labute approximate surface area is 99.1 Å². The first kappa shape index (κ1) is 16.1. The van der Waals surface area contributed by atoms with Crippen LogP contribution in [0.1, 0.15) is 19.8 Å². The van der Waals surface area contributed by atoms with Crippen molar-refractivity contribution in [1.29, 1.82) is 0 Å². The van der Waals surface area contributed by atoms with Crippen LogP contribution < -0.4 is 20.8 Å². The summed E-state index contributed by atoms with van der Waals surface area (Å²) in [7, 11) is -3.91. The van der Waals surface area contributed by atoms with Crippen LogP contribution in [0.15, 0.2) is 0 Å². The molecule has 2 unspecified atom stereocenters. The SMILES string of the molecule is CCC(CP(=O)([O-])CC[C@H]([NH3+])C(=O)[O-])C(=O)[O-]. The molecule has 0 fully saturated rings. The summed E-state index contributed by atoms with van der Waals surface area (Å²) in [5.41, 5.74) is 3.22. The molecule has 7 nitrogen and oxygen atoms in total. The van der Waals surface area contributed by atoms with E-state index in [1.54, 1.807) is 6.92 Å². The lowest BCUT2D eigenvalue weighted by atomic mass is 10.1. The molecular weight excluding hydrogens is 249 g/mol. The van der Waals surface area contributed by atoms with E-state index in [-0.39, 0.29) is 19.0 Å². The van der Waals surface area contributed by atoms with E-state index >= 15 is 0 Å². The lowest BCUT2D eigenvalue weighted by molar-refractivity contribution is -0.437. The Morgan fingerprint density at radius 3 is 2.18 bits per heavy atom. The number of aliphatic carboxylic acids is 2. The van der Waals surface area contributed by atoms with Crippen LogP contribution in [0.3, 0.4) is 0 Å². The van der Waals surface area contributed by atoms with Gasteiger partial charge >= 0.3 is 0 Å². The van der Waals surface area contributed by atoms with Crippen LogP contribution in [0.4, 0.5) is 0 Å². The Balaban J connectivity index is 4.33. The van der Waals surface area contributed by atoms with Crippen LogP contribution in [0, 0.1) is 5.92 Å². The van der Waals surface area contributed by atoms with E-state index in [9.17, 15) is 29.3 Å². The lowest BCUT2D eigenvalue weighted by Crippen LogP contribution is -2.68. The van der Waals surface area contributed by atoms with E-state index in [0.717, 1.165) is 0 Å². The van der Waals surface area contributed by atoms with Crippen LogP contribution in [0.2, 0.25) is 0 Å². The molecule has 0 aliphatic carbocycles. The first-order valence-electron chi connectivity index (χ1n) is 5.23. The number of rotatable bonds is 8. The number of hydrogen-bond donors (Lipinski definition) is 1. The van der Waals surface area contributed by atoms with Crippen molar-refractivity contribution in [3.05, 3.63) is 0 Å². The molecule has 0 aliphatic rings. The van der Waals surface area contributed by atoms with Gasteiger partial charge in [-0.25, -0.2) is 0 Å². The van der Waals surface area contributed by atoms with Gasteiger partial charge in [-0.15, -0.1) is 0 Å². The highest BCUT2D eigenvalue weighted by molar-refractivity contribution is 7.56. The third-order valence-corrected chi connectivity index (χ3v) is 4.41. The zero-order valence-electron chi connectivity index (χ0n) is 9.59. The molecule has 0 aromatic rings. The minimum absolute atomic E-state index is 0.156. The molecule has 3 atom stereocenters. The smallest absolute Gasteiger partial charge is 0.125 e. The van der Waals surface area contributed by atoms with Gasteiger partial charge in [-0.05, 0) is 18.7 Å². The maximum Gasteiger partial charge on any atom is 0.125 e. The molecule has 0 saturated carbocycles. The van der Waals surface area contributed by atoms with E-state index in [0.29, 0.717) is 0 Å². The molecule has 8 heteroatoms. The summed E-state index contributed by atoms with van der Waals surface area (Å²) < 4.78 is 11.5. The van der Waals surface area contributed by atoms with Crippen LogP contribution in [-0.2, 0) is 14.2 Å². The molecule has 0 heterocycles. The van der Waals surface area contributed by atoms with Crippen molar-refractivity contribution in [1.82, 2.24) is 0 Å². The maximum atomic E-state index is 11.5. The van der Waals surface area contributed by atoms with E-state index in [2.05, 4.69) is 5.73 Å². The second-order valence-corrected chi connectivity index (χ2v) is 6.39. The standard InChI is InChI=1S/C9H18NO6P/c1-2-6(8(11)12)5-17(15,16)4-3-7(10)9(13)14/h6-7H,2-5,10H2,1H3,(H,11,12)(H,13,14)(H,15,16)/p-2/t6?,7-/m0/s1. The van der Waals surface area contributed by atoms with E-state index < -0.39 is 37.4 Å². The molecule has 0 aromatic heterocycles. The lowest BCUT2D eigenvalue weighted by Gasteiger charge is -2.29. The largest absolute Gasteiger partial charge is 0.799 e. The molecule has 17 heavy (non-hydrogen) atoms. The van der Waals surface area contributed by atoms with Gasteiger partial charge in [-0.3, -0.25) is 0 Å². The predicted molar refractivity (Wildman–Crippen MR) is 52.4 cm³/mol. The van der Waals surface area contributed by atoms with Gasteiger partial charge in [0.1, 0.15) is 6.04 Å². The van der Waals surface area contributed by atoms with Gasteiger partial charge in [0.25, 0.3) is 0 Å². The van der Waals surface area contributed by atoms with Gasteiger partial charge in [0.05, 0.1) is 5.97 Å². The van der Waals surface area contributed by atoms with Crippen molar-refractivity contribution >= 4 is 19.3 Å². The Bertz CT molecular complexity index is 331. The molecule has 0 amide bonds. The predicted octanol–water partition coefficient (Wildman–Crippen LogP) is -3.85. The zero-order valence-corrected chi connectivity index (χ0v) is 10.5. The topological polar surface area (TPSA) is 148 Å². The summed E-state index contributed by atoms with van der Waals surface area (Å²) in [6, 6.07) is -1.11. The number of quaternary nitrogens is 1. The van der Waals surface area contributed by atoms with Crippen molar-refractivity contribution in [2.75, 3.05) is 12.3 Å². The fourth-order valence-electron chi connectivity index (χ4n) is 1.27. The van der Waals surface area contributed by atoms with Crippen molar-refractivity contribution in [3.63, 3.8) is 0 Å². The van der Waals surface area contributed by atoms with Crippen LogP contribution in [0.25, 0.3) is 0 Å². The highest BCUT2D eigenvalue weighted by Gasteiger charge is 2.18. The van der Waals surface area contributed by atoms with E-state index in [1.165, 1.54) is 0 Å². The van der Waals surface area contributed by atoms with Crippen molar-refractivity contribution in [2.24, 2.45) is 5.92 Å². The average Bonchev–Trinajstić information content (AvgIpc) is 2.22. The normalized spacial score (nSPS) is 18.1. The van der Waals surface area contributed by atoms with Gasteiger partial charge < -0.3 is 35.0 Å². The van der Waals surface area contributed by atoms with Gasteiger partial charge in [-0.2, -0.15) is 0 Å². The molecule has 100 valence electrons. The molecule has 0 bridgehead atoms. The Morgan fingerprint density at radius 1 is 1.29 bits per heavy atom. The quantitative estimate of drug-likeness (QED) is 0.444. The van der Waals surface area contributed by atoms with Crippen molar-refractivity contribution < 1.29 is 35.0 Å². The third-order valence-electron chi connectivity index (χ3n) is 2.48. The first-order valence-corrected chi connectivity index (χ1v) is 7.23. The number of hydrogen-bond acceptors (Lipinski definition) is 6. The average molecular weight is 265 g/mol. The van der Waals surface area contributed by atoms with Gasteiger partial charge in [0.2, 0.25) is 0 Å². The monoisotopic (exact) mass is 265 g/mol. The summed E-state index contributed by atoms with van der Waals surface area (Å²) in [5, 5.41) is 20.9. The molecule has 0 spiro atoms. The van der Waals surface area contributed by atoms with Crippen LogP contribution >= 0.6 is 7.37 Å². The molecule has 0 radical (unpaired) electrons. The molecule has 3 N–H and O–H groups in total. The Kier molecular flexibility index (Phi) is 6.37. The van der Waals surface area contributed by atoms with Gasteiger partial charge in [0.15, 0.2) is 0 Å². The van der Waals surface area contributed by atoms with Crippen molar-refractivity contribution in [3.8, 4) is 0 Å². The van der Waals surface area contributed by atoms with Crippen LogP contribution in [-0.4, -0.2) is 30.3 Å². The van der Waals surface area contributed by atoms with Gasteiger partial charge in [0, 0.05) is 25.7 Å². The second-order valence-electron chi connectivity index (χ2n) is 3.95. The summed E-state index contributed by atoms with van der Waals surface area (Å²) in [4.78, 5) is 32.4. The summed E-state index contributed by atoms with van der Waals surface area (Å²) in [6.07, 6.45) is -0.917. The third kappa shape index (κ3) is 6.41. The number of carbonyl (C=O) groups excluding carboxylic acids is 2. The van der Waals surface area contributed by atoms with E-state index in [4.69, 9.17) is 0 Å². The minimum atomic E-state index is -3.91. The second kappa shape index (κ2) is 6.74. The Morgan fingerprint density at radius 2 is 1.82 bits per heavy atom. The Hall–Kier alpha value is -0.910. The molecule has 0 aromatic carbocycles. The molecule has 0 rings (SSSR count). The molecule has 0 saturated heterocycles. The maximum absolute atomic E-state index is 11.5. The summed E-state index contributed by atoms with van der Waals surface area (Å²) in [5.74, 6) is -3.88. The zero-order chi connectivity index (χ0) is 13.6. The number of carboxylic acid groups (broad SMARTS) is 2. The summed E-state index contributed by atoms with van der Waals surface area (Å²) >= 11 is 0. The highest BCUT2D eigenvalue weighted by atomic mass is 31.2. The van der Waals surface area contributed by atoms with E-state index in [1.807, 2.05) is 0 Å². The molecular formula is C9H16NO6P-2. The highest BCUT2D eigenvalue weighted by Crippen LogP contribution is 2.39. The van der Waals surface area contributed by atoms with Crippen molar-refractivity contribution in [2.45, 2.75) is 25.8 Å². The number of carboxylic acids is 2. The van der Waals surface area contributed by atoms with Gasteiger partial charge in [-0.1, -0.05) is 6.92 Å². The first-order chi connectivity index (χ1) is 7.69. The number of carbonyl (C=O) groups is 2. The van der Waals surface area contributed by atoms with Crippen LogP contribution in [0.5, 0.6) is 0 Å².